The van der Waals surface area contributed by atoms with Crippen molar-refractivity contribution in [2.75, 3.05) is 5.32 Å². The number of carboxylic acids is 1. The Kier molecular flexibility index (Phi) is 4.50. The summed E-state index contributed by atoms with van der Waals surface area (Å²) in [5.74, 6) is -0.405. The minimum absolute atomic E-state index is 0.127. The van der Waals surface area contributed by atoms with E-state index in [9.17, 15) is 14.7 Å². The third-order valence-corrected chi connectivity index (χ3v) is 3.98. The molecule has 0 heterocycles. The second-order valence-electron chi connectivity index (χ2n) is 6.02. The molecule has 5 nitrogen and oxygen atoms in total. The summed E-state index contributed by atoms with van der Waals surface area (Å²) in [5.41, 5.74) is 2.11. The van der Waals surface area contributed by atoms with E-state index in [2.05, 4.69) is 17.6 Å². The third-order valence-electron chi connectivity index (χ3n) is 3.98. The number of amides is 2. The average molecular weight is 290 g/mol. The molecule has 2 rings (SSSR count). The average Bonchev–Trinajstić information content (AvgIpc) is 2.77. The Bertz CT molecular complexity index is 569. The molecule has 0 bridgehead atoms. The molecule has 0 aliphatic heterocycles. The Hall–Kier alpha value is -2.04. The highest BCUT2D eigenvalue weighted by molar-refractivity contribution is 6.01. The summed E-state index contributed by atoms with van der Waals surface area (Å²) in [6.07, 6.45) is 3.08. The van der Waals surface area contributed by atoms with E-state index in [1.165, 1.54) is 0 Å². The highest BCUT2D eigenvalue weighted by atomic mass is 16.4. The molecule has 2 atom stereocenters. The van der Waals surface area contributed by atoms with Crippen LogP contribution in [0.15, 0.2) is 12.1 Å². The normalized spacial score (nSPS) is 21.1. The number of rotatable bonds is 3. The molecular formula is C16H22N2O3. The van der Waals surface area contributed by atoms with E-state index in [-0.39, 0.29) is 17.6 Å². The Balaban J connectivity index is 2.11. The Labute approximate surface area is 124 Å². The number of carbonyl (C=O) groups is 2. The first kappa shape index (κ1) is 15.4. The van der Waals surface area contributed by atoms with Gasteiger partial charge in [-0.1, -0.05) is 13.0 Å². The van der Waals surface area contributed by atoms with Gasteiger partial charge in [-0.15, -0.1) is 0 Å². The lowest BCUT2D eigenvalue weighted by Gasteiger charge is -2.16. The summed E-state index contributed by atoms with van der Waals surface area (Å²) < 4.78 is 0. The Morgan fingerprint density at radius 3 is 2.52 bits per heavy atom. The van der Waals surface area contributed by atoms with Crippen LogP contribution in [0.2, 0.25) is 0 Å². The summed E-state index contributed by atoms with van der Waals surface area (Å²) in [6.45, 7) is 5.81. The van der Waals surface area contributed by atoms with Gasteiger partial charge >= 0.3 is 12.0 Å². The van der Waals surface area contributed by atoms with Crippen molar-refractivity contribution in [2.24, 2.45) is 5.92 Å². The van der Waals surface area contributed by atoms with E-state index >= 15 is 0 Å². The molecule has 3 N–H and O–H groups in total. The predicted octanol–water partition coefficient (Wildman–Crippen LogP) is 3.31. The van der Waals surface area contributed by atoms with E-state index in [1.807, 2.05) is 13.0 Å². The number of anilines is 1. The number of hydrogen-bond acceptors (Lipinski definition) is 2. The lowest BCUT2D eigenvalue weighted by atomic mass is 10.0. The van der Waals surface area contributed by atoms with Crippen molar-refractivity contribution < 1.29 is 14.7 Å². The number of nitrogens with one attached hydrogen (secondary N) is 2. The molecule has 1 aliphatic carbocycles. The topological polar surface area (TPSA) is 78.4 Å². The van der Waals surface area contributed by atoms with Gasteiger partial charge in [-0.05, 0) is 56.2 Å². The molecular weight excluding hydrogens is 268 g/mol. The zero-order valence-corrected chi connectivity index (χ0v) is 12.7. The lowest BCUT2D eigenvalue weighted by molar-refractivity contribution is 0.0698. The van der Waals surface area contributed by atoms with E-state index < -0.39 is 5.97 Å². The smallest absolute Gasteiger partial charge is 0.337 e. The highest BCUT2D eigenvalue weighted by Crippen LogP contribution is 2.26. The number of carbonyl (C=O) groups excluding carboxylic acids is 1. The number of urea groups is 1. The van der Waals surface area contributed by atoms with Crippen molar-refractivity contribution in [3.8, 4) is 0 Å². The van der Waals surface area contributed by atoms with Gasteiger partial charge in [0, 0.05) is 6.04 Å². The zero-order chi connectivity index (χ0) is 15.6. The fraction of sp³-hybridized carbons (Fsp3) is 0.500. The van der Waals surface area contributed by atoms with Crippen molar-refractivity contribution in [3.63, 3.8) is 0 Å². The summed E-state index contributed by atoms with van der Waals surface area (Å²) in [6, 6.07) is 3.28. The largest absolute Gasteiger partial charge is 0.478 e. The van der Waals surface area contributed by atoms with Gasteiger partial charge in [-0.25, -0.2) is 9.59 Å². The molecule has 0 spiro atoms. The molecule has 1 saturated carbocycles. The third kappa shape index (κ3) is 3.74. The van der Waals surface area contributed by atoms with Crippen LogP contribution in [0.4, 0.5) is 10.5 Å². The van der Waals surface area contributed by atoms with Crippen LogP contribution in [0.5, 0.6) is 0 Å². The van der Waals surface area contributed by atoms with Crippen LogP contribution in [0.25, 0.3) is 0 Å². The van der Waals surface area contributed by atoms with Crippen LogP contribution >= 0.6 is 0 Å². The molecule has 1 fully saturated rings. The monoisotopic (exact) mass is 290 g/mol. The number of hydrogen-bond donors (Lipinski definition) is 3. The van der Waals surface area contributed by atoms with E-state index in [4.69, 9.17) is 0 Å². The van der Waals surface area contributed by atoms with Gasteiger partial charge in [0.15, 0.2) is 0 Å². The van der Waals surface area contributed by atoms with Crippen molar-refractivity contribution >= 4 is 17.7 Å². The van der Waals surface area contributed by atoms with Crippen LogP contribution in [0.3, 0.4) is 0 Å². The zero-order valence-electron chi connectivity index (χ0n) is 12.7. The first-order chi connectivity index (χ1) is 9.86. The van der Waals surface area contributed by atoms with E-state index in [0.717, 1.165) is 30.4 Å². The molecule has 2 unspecified atom stereocenters. The van der Waals surface area contributed by atoms with Gasteiger partial charge in [0.25, 0.3) is 0 Å². The number of benzene rings is 1. The summed E-state index contributed by atoms with van der Waals surface area (Å²) in [7, 11) is 0. The van der Waals surface area contributed by atoms with Crippen LogP contribution in [0.1, 0.15) is 47.7 Å². The van der Waals surface area contributed by atoms with Crippen LogP contribution < -0.4 is 10.6 Å². The molecule has 0 saturated heterocycles. The van der Waals surface area contributed by atoms with Gasteiger partial charge in [0.1, 0.15) is 0 Å². The highest BCUT2D eigenvalue weighted by Gasteiger charge is 2.23. The minimum Gasteiger partial charge on any atom is -0.478 e. The molecule has 21 heavy (non-hydrogen) atoms. The molecule has 1 aliphatic rings. The number of aryl methyl sites for hydroxylation is 2. The maximum absolute atomic E-state index is 12.1. The van der Waals surface area contributed by atoms with Gasteiger partial charge in [0.05, 0.1) is 11.3 Å². The first-order valence-corrected chi connectivity index (χ1v) is 7.29. The quantitative estimate of drug-likeness (QED) is 0.799. The number of aromatic carboxylic acids is 1. The minimum atomic E-state index is -1.04. The van der Waals surface area contributed by atoms with Crippen molar-refractivity contribution in [2.45, 2.75) is 46.1 Å². The molecule has 1 aromatic rings. The first-order valence-electron chi connectivity index (χ1n) is 7.29. The molecule has 5 heteroatoms. The molecule has 2 amide bonds. The summed E-state index contributed by atoms with van der Waals surface area (Å²) in [5, 5.41) is 14.9. The second kappa shape index (κ2) is 6.16. The Morgan fingerprint density at radius 1 is 1.24 bits per heavy atom. The van der Waals surface area contributed by atoms with Crippen LogP contribution in [-0.2, 0) is 0 Å². The van der Waals surface area contributed by atoms with Gasteiger partial charge in [-0.3, -0.25) is 0 Å². The Morgan fingerprint density at radius 2 is 1.95 bits per heavy atom. The predicted molar refractivity (Wildman–Crippen MR) is 81.8 cm³/mol. The maximum Gasteiger partial charge on any atom is 0.337 e. The van der Waals surface area contributed by atoms with Crippen molar-refractivity contribution in [3.05, 3.63) is 28.8 Å². The SMILES string of the molecule is Cc1cc(C)c(NC(=O)NC2CCC(C)C2)c(C(=O)O)c1. The second-order valence-corrected chi connectivity index (χ2v) is 6.02. The molecule has 114 valence electrons. The lowest BCUT2D eigenvalue weighted by Crippen LogP contribution is -2.37. The fourth-order valence-corrected chi connectivity index (χ4v) is 2.98. The van der Waals surface area contributed by atoms with Crippen LogP contribution in [-0.4, -0.2) is 23.1 Å². The van der Waals surface area contributed by atoms with E-state index in [1.54, 1.807) is 13.0 Å². The van der Waals surface area contributed by atoms with Crippen LogP contribution in [0, 0.1) is 19.8 Å². The van der Waals surface area contributed by atoms with E-state index in [0.29, 0.717) is 11.6 Å². The van der Waals surface area contributed by atoms with Gasteiger partial charge < -0.3 is 15.7 Å². The molecule has 0 radical (unpaired) electrons. The summed E-state index contributed by atoms with van der Waals surface area (Å²) in [4.78, 5) is 23.4. The standard InChI is InChI=1S/C16H22N2O3/c1-9-4-5-12(7-9)17-16(21)18-14-11(3)6-10(2)8-13(14)15(19)20/h6,8-9,12H,4-5,7H2,1-3H3,(H,19,20)(H2,17,18,21). The maximum atomic E-state index is 12.1. The van der Waals surface area contributed by atoms with Crippen molar-refractivity contribution in [1.82, 2.24) is 5.32 Å². The molecule has 0 aromatic heterocycles. The van der Waals surface area contributed by atoms with Gasteiger partial charge in [0.2, 0.25) is 0 Å². The van der Waals surface area contributed by atoms with Gasteiger partial charge in [-0.2, -0.15) is 0 Å². The fourth-order valence-electron chi connectivity index (χ4n) is 2.98. The summed E-state index contributed by atoms with van der Waals surface area (Å²) >= 11 is 0. The number of carboxylic acid groups (broad SMARTS) is 1. The molecule has 1 aromatic carbocycles. The van der Waals surface area contributed by atoms with Crippen molar-refractivity contribution in [1.29, 1.82) is 0 Å².